The number of sulfonamides is 1. The molecule has 0 aliphatic heterocycles. The highest BCUT2D eigenvalue weighted by molar-refractivity contribution is 7.89. The molecule has 0 radical (unpaired) electrons. The summed E-state index contributed by atoms with van der Waals surface area (Å²) in [6.45, 7) is 6.31. The zero-order chi connectivity index (χ0) is 14.0. The van der Waals surface area contributed by atoms with Crippen LogP contribution in [0, 0.1) is 5.41 Å². The maximum absolute atomic E-state index is 12.3. The highest BCUT2D eigenvalue weighted by Crippen LogP contribution is 2.20. The second-order valence-corrected chi connectivity index (χ2v) is 7.62. The van der Waals surface area contributed by atoms with Gasteiger partial charge in [0.05, 0.1) is 4.90 Å². The highest BCUT2D eigenvalue weighted by Gasteiger charge is 2.27. The van der Waals surface area contributed by atoms with Crippen LogP contribution in [0.5, 0.6) is 0 Å². The molecule has 0 aliphatic rings. The van der Waals surface area contributed by atoms with Crippen molar-refractivity contribution in [2.45, 2.75) is 31.7 Å². The minimum Gasteiger partial charge on any atom is -0.326 e. The minimum absolute atomic E-state index is 0.125. The van der Waals surface area contributed by atoms with E-state index in [4.69, 9.17) is 5.73 Å². The van der Waals surface area contributed by atoms with Gasteiger partial charge in [0.2, 0.25) is 10.0 Å². The van der Waals surface area contributed by atoms with Gasteiger partial charge in [-0.25, -0.2) is 8.42 Å². The fourth-order valence-corrected chi connectivity index (χ4v) is 2.64. The molecule has 0 heterocycles. The van der Waals surface area contributed by atoms with Crippen molar-refractivity contribution in [2.75, 3.05) is 13.6 Å². The van der Waals surface area contributed by atoms with Crippen molar-refractivity contribution in [3.8, 4) is 0 Å². The van der Waals surface area contributed by atoms with E-state index in [2.05, 4.69) is 0 Å². The Morgan fingerprint density at radius 2 is 1.72 bits per heavy atom. The monoisotopic (exact) mass is 270 g/mol. The molecule has 0 spiro atoms. The lowest BCUT2D eigenvalue weighted by atomic mass is 9.87. The molecule has 1 aromatic rings. The first kappa shape index (κ1) is 15.1. The topological polar surface area (TPSA) is 63.4 Å². The molecule has 0 saturated heterocycles. The maximum Gasteiger partial charge on any atom is 0.242 e. The van der Waals surface area contributed by atoms with Crippen LogP contribution in [-0.4, -0.2) is 32.4 Å². The summed E-state index contributed by atoms with van der Waals surface area (Å²) in [7, 11) is -1.88. The molecule has 0 bridgehead atoms. The van der Waals surface area contributed by atoms with Crippen molar-refractivity contribution in [1.29, 1.82) is 0 Å². The zero-order valence-corrected chi connectivity index (χ0v) is 12.2. The van der Waals surface area contributed by atoms with Gasteiger partial charge >= 0.3 is 0 Å². The SMILES string of the molecule is CN(C[C@@H](N)C(C)(C)C)S(=O)(=O)c1ccccc1. The van der Waals surface area contributed by atoms with E-state index >= 15 is 0 Å². The molecule has 18 heavy (non-hydrogen) atoms. The van der Waals surface area contributed by atoms with E-state index < -0.39 is 10.0 Å². The third-order valence-electron chi connectivity index (χ3n) is 3.02. The van der Waals surface area contributed by atoms with Gasteiger partial charge in [-0.2, -0.15) is 4.31 Å². The molecule has 1 atom stereocenters. The molecule has 5 heteroatoms. The van der Waals surface area contributed by atoms with Crippen LogP contribution in [0.1, 0.15) is 20.8 Å². The van der Waals surface area contributed by atoms with Crippen LogP contribution < -0.4 is 5.73 Å². The van der Waals surface area contributed by atoms with Crippen LogP contribution in [0.25, 0.3) is 0 Å². The fourth-order valence-electron chi connectivity index (χ4n) is 1.42. The van der Waals surface area contributed by atoms with Gasteiger partial charge in [0.1, 0.15) is 0 Å². The highest BCUT2D eigenvalue weighted by atomic mass is 32.2. The van der Waals surface area contributed by atoms with E-state index in [0.717, 1.165) is 0 Å². The fraction of sp³-hybridized carbons (Fsp3) is 0.538. The largest absolute Gasteiger partial charge is 0.326 e. The normalized spacial score (nSPS) is 14.8. The van der Waals surface area contributed by atoms with Crippen LogP contribution in [-0.2, 0) is 10.0 Å². The molecule has 4 nitrogen and oxygen atoms in total. The number of hydrogen-bond acceptors (Lipinski definition) is 3. The molecule has 0 fully saturated rings. The number of hydrogen-bond donors (Lipinski definition) is 1. The summed E-state index contributed by atoms with van der Waals surface area (Å²) in [5.41, 5.74) is 5.90. The lowest BCUT2D eigenvalue weighted by Gasteiger charge is -2.30. The third-order valence-corrected chi connectivity index (χ3v) is 4.86. The molecule has 0 aliphatic carbocycles. The van der Waals surface area contributed by atoms with E-state index in [1.807, 2.05) is 20.8 Å². The van der Waals surface area contributed by atoms with Crippen molar-refractivity contribution < 1.29 is 8.42 Å². The van der Waals surface area contributed by atoms with Crippen LogP contribution in [0.2, 0.25) is 0 Å². The van der Waals surface area contributed by atoms with Crippen LogP contribution in [0.3, 0.4) is 0 Å². The van der Waals surface area contributed by atoms with Crippen LogP contribution in [0.15, 0.2) is 35.2 Å². The van der Waals surface area contributed by atoms with Gasteiger partial charge in [0.15, 0.2) is 0 Å². The van der Waals surface area contributed by atoms with Crippen molar-refractivity contribution in [1.82, 2.24) is 4.31 Å². The standard InChI is InChI=1S/C13H22N2O2S/c1-13(2,3)12(14)10-15(4)18(16,17)11-8-6-5-7-9-11/h5-9,12H,10,14H2,1-4H3/t12-/m1/s1. The van der Waals surface area contributed by atoms with Crippen molar-refractivity contribution in [2.24, 2.45) is 11.1 Å². The Morgan fingerprint density at radius 3 is 2.17 bits per heavy atom. The van der Waals surface area contributed by atoms with Gasteiger partial charge in [-0.1, -0.05) is 39.0 Å². The summed E-state index contributed by atoms with van der Waals surface area (Å²) in [4.78, 5) is 0.300. The summed E-state index contributed by atoms with van der Waals surface area (Å²) >= 11 is 0. The lowest BCUT2D eigenvalue weighted by Crippen LogP contribution is -2.45. The minimum atomic E-state index is -3.44. The maximum atomic E-state index is 12.3. The molecule has 0 aromatic heterocycles. The zero-order valence-electron chi connectivity index (χ0n) is 11.4. The average Bonchev–Trinajstić information content (AvgIpc) is 2.28. The average molecular weight is 270 g/mol. The van der Waals surface area contributed by atoms with Gasteiger partial charge in [-0.05, 0) is 17.5 Å². The quantitative estimate of drug-likeness (QED) is 0.905. The number of nitrogens with zero attached hydrogens (tertiary/aromatic N) is 1. The smallest absolute Gasteiger partial charge is 0.242 e. The van der Waals surface area contributed by atoms with Gasteiger partial charge in [-0.3, -0.25) is 0 Å². The predicted octanol–water partition coefficient (Wildman–Crippen LogP) is 1.68. The van der Waals surface area contributed by atoms with Gasteiger partial charge in [0, 0.05) is 19.6 Å². The summed E-state index contributed by atoms with van der Waals surface area (Å²) in [5, 5.41) is 0. The second kappa shape index (κ2) is 5.38. The van der Waals surface area contributed by atoms with Gasteiger partial charge < -0.3 is 5.73 Å². The Balaban J connectivity index is 2.88. The molecule has 0 unspecified atom stereocenters. The van der Waals surface area contributed by atoms with Crippen molar-refractivity contribution in [3.63, 3.8) is 0 Å². The number of likely N-dealkylation sites (N-methyl/N-ethyl adjacent to an activating group) is 1. The second-order valence-electron chi connectivity index (χ2n) is 5.57. The Bertz CT molecular complexity index is 477. The summed E-state index contributed by atoms with van der Waals surface area (Å²) in [6.07, 6.45) is 0. The summed E-state index contributed by atoms with van der Waals surface area (Å²) in [5.74, 6) is 0. The molecule has 0 amide bonds. The Hall–Kier alpha value is -0.910. The molecular weight excluding hydrogens is 248 g/mol. The van der Waals surface area contributed by atoms with E-state index in [-0.39, 0.29) is 11.5 Å². The molecule has 1 aromatic carbocycles. The van der Waals surface area contributed by atoms with E-state index in [1.54, 1.807) is 37.4 Å². The van der Waals surface area contributed by atoms with Gasteiger partial charge in [0.25, 0.3) is 0 Å². The first-order valence-electron chi connectivity index (χ1n) is 5.92. The Morgan fingerprint density at radius 1 is 1.22 bits per heavy atom. The van der Waals surface area contributed by atoms with Crippen LogP contribution >= 0.6 is 0 Å². The Labute approximate surface area is 110 Å². The lowest BCUT2D eigenvalue weighted by molar-refractivity contribution is 0.279. The summed E-state index contributed by atoms with van der Waals surface area (Å²) < 4.78 is 25.8. The first-order valence-corrected chi connectivity index (χ1v) is 7.36. The molecular formula is C13H22N2O2S. The predicted molar refractivity (Wildman–Crippen MR) is 73.7 cm³/mol. The van der Waals surface area contributed by atoms with Crippen molar-refractivity contribution in [3.05, 3.63) is 30.3 Å². The number of nitrogens with two attached hydrogens (primary N) is 1. The summed E-state index contributed by atoms with van der Waals surface area (Å²) in [6, 6.07) is 8.19. The van der Waals surface area contributed by atoms with E-state index in [1.165, 1.54) is 4.31 Å². The third kappa shape index (κ3) is 3.54. The van der Waals surface area contributed by atoms with Crippen molar-refractivity contribution >= 4 is 10.0 Å². The molecule has 102 valence electrons. The van der Waals surface area contributed by atoms with E-state index in [9.17, 15) is 8.42 Å². The Kier molecular flexibility index (Phi) is 4.53. The van der Waals surface area contributed by atoms with E-state index in [0.29, 0.717) is 11.4 Å². The number of rotatable bonds is 4. The first-order chi connectivity index (χ1) is 8.15. The molecule has 2 N–H and O–H groups in total. The van der Waals surface area contributed by atoms with Gasteiger partial charge in [-0.15, -0.1) is 0 Å². The molecule has 0 saturated carbocycles. The number of benzene rings is 1. The van der Waals surface area contributed by atoms with Crippen LogP contribution in [0.4, 0.5) is 0 Å². The molecule has 1 rings (SSSR count).